The third-order valence-corrected chi connectivity index (χ3v) is 4.33. The maximum absolute atomic E-state index is 13.9. The van der Waals surface area contributed by atoms with Crippen LogP contribution in [0.3, 0.4) is 0 Å². The van der Waals surface area contributed by atoms with E-state index >= 15 is 0 Å². The molecule has 4 rings (SSSR count). The minimum absolute atomic E-state index is 0.178. The van der Waals surface area contributed by atoms with E-state index in [0.717, 1.165) is 16.5 Å². The fourth-order valence-corrected chi connectivity index (χ4v) is 3.33. The Morgan fingerprint density at radius 2 is 2.29 bits per heavy atom. The van der Waals surface area contributed by atoms with Crippen LogP contribution in [0.25, 0.3) is 10.9 Å². The van der Waals surface area contributed by atoms with E-state index in [1.165, 1.54) is 12.1 Å². The molecule has 0 radical (unpaired) electrons. The summed E-state index contributed by atoms with van der Waals surface area (Å²) in [5.41, 5.74) is 1.54. The predicted octanol–water partition coefficient (Wildman–Crippen LogP) is 2.37. The number of halogens is 1. The zero-order valence-corrected chi connectivity index (χ0v) is 13.2. The molecule has 0 saturated carbocycles. The number of nitrogens with zero attached hydrogens (tertiary/aromatic N) is 4. The van der Waals surface area contributed by atoms with E-state index in [1.54, 1.807) is 19.2 Å². The van der Waals surface area contributed by atoms with Crippen molar-refractivity contribution in [3.8, 4) is 0 Å². The summed E-state index contributed by atoms with van der Waals surface area (Å²) < 4.78 is 19.2. The first-order valence-corrected chi connectivity index (χ1v) is 7.85. The van der Waals surface area contributed by atoms with Crippen molar-refractivity contribution >= 4 is 10.9 Å². The van der Waals surface area contributed by atoms with Gasteiger partial charge in [0.05, 0.1) is 17.7 Å². The monoisotopic (exact) mass is 328 g/mol. The van der Waals surface area contributed by atoms with Gasteiger partial charge < -0.3 is 9.63 Å². The molecule has 1 aliphatic rings. The Morgan fingerprint density at radius 3 is 3.08 bits per heavy atom. The van der Waals surface area contributed by atoms with Crippen LogP contribution < -0.4 is 0 Å². The van der Waals surface area contributed by atoms with Crippen LogP contribution >= 0.6 is 0 Å². The van der Waals surface area contributed by atoms with Gasteiger partial charge in [-0.05, 0) is 37.1 Å². The minimum atomic E-state index is -0.477. The Balaban J connectivity index is 1.69. The lowest BCUT2D eigenvalue weighted by atomic mass is 10.1. The molecule has 0 unspecified atom stereocenters. The van der Waals surface area contributed by atoms with Crippen LogP contribution in [0.15, 0.2) is 35.0 Å². The summed E-state index contributed by atoms with van der Waals surface area (Å²) in [6, 6.07) is 6.42. The fourth-order valence-electron chi connectivity index (χ4n) is 3.33. The molecule has 0 spiro atoms. The van der Waals surface area contributed by atoms with Crippen LogP contribution in [0.5, 0.6) is 0 Å². The SMILES string of the molecule is Cc1noc([C@H]2C[C@@H](O)CN2Cc2cc(F)cc3cccnc23)n1. The second-order valence-corrected chi connectivity index (χ2v) is 6.15. The van der Waals surface area contributed by atoms with Gasteiger partial charge in [0.1, 0.15) is 5.82 Å². The maximum atomic E-state index is 13.9. The van der Waals surface area contributed by atoms with Gasteiger partial charge in [-0.25, -0.2) is 4.39 Å². The average Bonchev–Trinajstić information content (AvgIpc) is 3.13. The van der Waals surface area contributed by atoms with Gasteiger partial charge in [0.15, 0.2) is 5.82 Å². The number of aliphatic hydroxyl groups excluding tert-OH is 1. The van der Waals surface area contributed by atoms with Crippen molar-refractivity contribution in [2.45, 2.75) is 32.0 Å². The van der Waals surface area contributed by atoms with E-state index in [-0.39, 0.29) is 11.9 Å². The molecule has 7 heteroatoms. The molecule has 2 atom stereocenters. The molecule has 1 aromatic carbocycles. The molecule has 24 heavy (non-hydrogen) atoms. The van der Waals surface area contributed by atoms with Crippen molar-refractivity contribution in [1.82, 2.24) is 20.0 Å². The summed E-state index contributed by atoms with van der Waals surface area (Å²) in [6.45, 7) is 2.68. The van der Waals surface area contributed by atoms with Crippen molar-refractivity contribution in [3.63, 3.8) is 0 Å². The number of rotatable bonds is 3. The highest BCUT2D eigenvalue weighted by molar-refractivity contribution is 5.81. The second kappa shape index (κ2) is 5.92. The standard InChI is InChI=1S/C17H17FN4O2/c1-10-20-17(24-21-10)15-7-14(23)9-22(15)8-12-6-13(18)5-11-3-2-4-19-16(11)12/h2-6,14-15,23H,7-9H2,1H3/t14-,15-/m1/s1. The number of benzene rings is 1. The van der Waals surface area contributed by atoms with E-state index < -0.39 is 6.10 Å². The summed E-state index contributed by atoms with van der Waals surface area (Å²) in [7, 11) is 0. The molecule has 3 aromatic rings. The summed E-state index contributed by atoms with van der Waals surface area (Å²) in [5, 5.41) is 14.6. The lowest BCUT2D eigenvalue weighted by Crippen LogP contribution is -2.24. The summed E-state index contributed by atoms with van der Waals surface area (Å²) in [6.07, 6.45) is 1.74. The van der Waals surface area contributed by atoms with E-state index in [4.69, 9.17) is 4.52 Å². The molecule has 0 aliphatic carbocycles. The molecule has 2 aromatic heterocycles. The molecule has 0 bridgehead atoms. The number of aromatic nitrogens is 3. The second-order valence-electron chi connectivity index (χ2n) is 6.15. The molecule has 1 N–H and O–H groups in total. The minimum Gasteiger partial charge on any atom is -0.392 e. The number of pyridine rings is 1. The maximum Gasteiger partial charge on any atom is 0.244 e. The number of fused-ring (bicyclic) bond motifs is 1. The van der Waals surface area contributed by atoms with E-state index in [0.29, 0.717) is 31.2 Å². The Bertz CT molecular complexity index is 882. The van der Waals surface area contributed by atoms with Gasteiger partial charge in [0.2, 0.25) is 5.89 Å². The third-order valence-electron chi connectivity index (χ3n) is 4.33. The number of aryl methyl sites for hydroxylation is 1. The molecule has 1 fully saturated rings. The van der Waals surface area contributed by atoms with Gasteiger partial charge in [0, 0.05) is 24.7 Å². The Labute approximate surface area is 137 Å². The van der Waals surface area contributed by atoms with E-state index in [1.807, 2.05) is 11.0 Å². The lowest BCUT2D eigenvalue weighted by Gasteiger charge is -2.21. The Morgan fingerprint density at radius 1 is 1.42 bits per heavy atom. The molecule has 124 valence electrons. The highest BCUT2D eigenvalue weighted by Gasteiger charge is 2.36. The van der Waals surface area contributed by atoms with Crippen molar-refractivity contribution in [2.24, 2.45) is 0 Å². The van der Waals surface area contributed by atoms with Crippen molar-refractivity contribution in [3.05, 3.63) is 53.6 Å². The van der Waals surface area contributed by atoms with Crippen LogP contribution in [-0.2, 0) is 6.54 Å². The van der Waals surface area contributed by atoms with Gasteiger partial charge in [-0.3, -0.25) is 9.88 Å². The van der Waals surface area contributed by atoms with E-state index in [9.17, 15) is 9.50 Å². The smallest absolute Gasteiger partial charge is 0.244 e. The number of β-amino-alcohol motifs (C(OH)–C–C–N with tert-alkyl or cyclic N) is 1. The Hall–Kier alpha value is -2.38. The normalized spacial score (nSPS) is 21.6. The number of hydrogen-bond donors (Lipinski definition) is 1. The number of hydrogen-bond acceptors (Lipinski definition) is 6. The zero-order valence-electron chi connectivity index (χ0n) is 13.2. The third kappa shape index (κ3) is 2.76. The van der Waals surface area contributed by atoms with Crippen LogP contribution in [-0.4, -0.2) is 37.8 Å². The Kier molecular flexibility index (Phi) is 3.74. The quantitative estimate of drug-likeness (QED) is 0.795. The van der Waals surface area contributed by atoms with Gasteiger partial charge >= 0.3 is 0 Å². The zero-order chi connectivity index (χ0) is 16.7. The predicted molar refractivity (Wildman–Crippen MR) is 84.5 cm³/mol. The van der Waals surface area contributed by atoms with Gasteiger partial charge in [-0.2, -0.15) is 4.98 Å². The topological polar surface area (TPSA) is 75.3 Å². The van der Waals surface area contributed by atoms with Crippen LogP contribution in [0, 0.1) is 12.7 Å². The molecular weight excluding hydrogens is 311 g/mol. The fraction of sp³-hybridized carbons (Fsp3) is 0.353. The molecular formula is C17H17FN4O2. The molecule has 0 amide bonds. The molecule has 3 heterocycles. The number of aliphatic hydroxyl groups is 1. The summed E-state index contributed by atoms with van der Waals surface area (Å²) in [4.78, 5) is 10.7. The van der Waals surface area contributed by atoms with Gasteiger partial charge in [0.25, 0.3) is 0 Å². The molecule has 6 nitrogen and oxygen atoms in total. The summed E-state index contributed by atoms with van der Waals surface area (Å²) in [5.74, 6) is 0.748. The lowest BCUT2D eigenvalue weighted by molar-refractivity contribution is 0.169. The van der Waals surface area contributed by atoms with E-state index in [2.05, 4.69) is 15.1 Å². The van der Waals surface area contributed by atoms with Crippen molar-refractivity contribution < 1.29 is 14.0 Å². The first-order valence-electron chi connectivity index (χ1n) is 7.85. The first kappa shape index (κ1) is 15.2. The largest absolute Gasteiger partial charge is 0.392 e. The van der Waals surface area contributed by atoms with Crippen LogP contribution in [0.1, 0.15) is 29.7 Å². The highest BCUT2D eigenvalue weighted by atomic mass is 19.1. The first-order chi connectivity index (χ1) is 11.6. The van der Waals surface area contributed by atoms with Crippen LogP contribution in [0.2, 0.25) is 0 Å². The van der Waals surface area contributed by atoms with Gasteiger partial charge in [-0.1, -0.05) is 11.2 Å². The number of likely N-dealkylation sites (tertiary alicyclic amines) is 1. The van der Waals surface area contributed by atoms with Crippen LogP contribution in [0.4, 0.5) is 4.39 Å². The molecule has 1 aliphatic heterocycles. The van der Waals surface area contributed by atoms with Crippen molar-refractivity contribution in [1.29, 1.82) is 0 Å². The van der Waals surface area contributed by atoms with Gasteiger partial charge in [-0.15, -0.1) is 0 Å². The van der Waals surface area contributed by atoms with Crippen molar-refractivity contribution in [2.75, 3.05) is 6.54 Å². The highest BCUT2D eigenvalue weighted by Crippen LogP contribution is 2.33. The molecule has 1 saturated heterocycles. The summed E-state index contributed by atoms with van der Waals surface area (Å²) >= 11 is 0. The average molecular weight is 328 g/mol.